The lowest BCUT2D eigenvalue weighted by atomic mass is 10.1. The van der Waals surface area contributed by atoms with E-state index >= 15 is 0 Å². The molecule has 0 aliphatic heterocycles. The van der Waals surface area contributed by atoms with Crippen LogP contribution in [0.5, 0.6) is 0 Å². The minimum Gasteiger partial charge on any atom is -0.395 e. The van der Waals surface area contributed by atoms with Crippen LogP contribution < -0.4 is 5.73 Å². The molecule has 4 nitrogen and oxygen atoms in total. The van der Waals surface area contributed by atoms with Crippen molar-refractivity contribution in [2.45, 2.75) is 52.1 Å². The zero-order chi connectivity index (χ0) is 11.8. The lowest BCUT2D eigenvalue weighted by molar-refractivity contribution is -0.135. The van der Waals surface area contributed by atoms with Crippen LogP contribution in [0.2, 0.25) is 0 Å². The lowest BCUT2D eigenvalue weighted by Crippen LogP contribution is -2.49. The summed E-state index contributed by atoms with van der Waals surface area (Å²) in [4.78, 5) is 13.6. The third-order valence-electron chi connectivity index (χ3n) is 2.76. The Morgan fingerprint density at radius 2 is 1.80 bits per heavy atom. The molecule has 0 saturated carbocycles. The normalized spacial score (nSPS) is 12.9. The first-order valence-electron chi connectivity index (χ1n) is 5.79. The summed E-state index contributed by atoms with van der Waals surface area (Å²) in [6.45, 7) is 6.37. The molecule has 0 heterocycles. The number of carbonyl (C=O) groups excluding carboxylic acids is 1. The van der Waals surface area contributed by atoms with E-state index < -0.39 is 6.04 Å². The molecular weight excluding hydrogens is 192 g/mol. The van der Waals surface area contributed by atoms with Gasteiger partial charge in [-0.05, 0) is 19.3 Å². The molecule has 0 radical (unpaired) electrons. The topological polar surface area (TPSA) is 66.6 Å². The first kappa shape index (κ1) is 14.4. The Bertz CT molecular complexity index is 181. The lowest BCUT2D eigenvalue weighted by Gasteiger charge is -2.31. The molecule has 3 N–H and O–H groups in total. The van der Waals surface area contributed by atoms with Gasteiger partial charge in [-0.15, -0.1) is 0 Å². The average Bonchev–Trinajstić information content (AvgIpc) is 2.27. The van der Waals surface area contributed by atoms with Crippen molar-refractivity contribution in [2.75, 3.05) is 13.2 Å². The van der Waals surface area contributed by atoms with E-state index in [2.05, 4.69) is 0 Å². The van der Waals surface area contributed by atoms with E-state index in [0.717, 1.165) is 12.8 Å². The molecule has 1 amide bonds. The Morgan fingerprint density at radius 1 is 1.27 bits per heavy atom. The van der Waals surface area contributed by atoms with Crippen LogP contribution in [0.3, 0.4) is 0 Å². The number of aliphatic hydroxyl groups excluding tert-OH is 1. The summed E-state index contributed by atoms with van der Waals surface area (Å²) in [5, 5.41) is 8.95. The van der Waals surface area contributed by atoms with Gasteiger partial charge in [0.1, 0.15) is 0 Å². The molecule has 0 fully saturated rings. The second kappa shape index (κ2) is 7.65. The number of hydrogen-bond acceptors (Lipinski definition) is 3. The van der Waals surface area contributed by atoms with E-state index in [4.69, 9.17) is 10.8 Å². The van der Waals surface area contributed by atoms with Crippen molar-refractivity contribution in [2.24, 2.45) is 5.73 Å². The highest BCUT2D eigenvalue weighted by atomic mass is 16.3. The molecule has 15 heavy (non-hydrogen) atoms. The summed E-state index contributed by atoms with van der Waals surface area (Å²) in [5.74, 6) is -0.0414. The summed E-state index contributed by atoms with van der Waals surface area (Å²) in [6, 6.07) is -0.237. The van der Waals surface area contributed by atoms with Crippen LogP contribution in [-0.2, 0) is 4.79 Å². The largest absolute Gasteiger partial charge is 0.395 e. The summed E-state index contributed by atoms with van der Waals surface area (Å²) in [6.07, 6.45) is 2.44. The Balaban J connectivity index is 4.55. The number of nitrogens with zero attached hydrogens (tertiary/aromatic N) is 1. The van der Waals surface area contributed by atoms with Crippen LogP contribution >= 0.6 is 0 Å². The van der Waals surface area contributed by atoms with Crippen molar-refractivity contribution in [3.63, 3.8) is 0 Å². The standard InChI is InChI=1S/C11H24N2O2/c1-4-9(5-2)13(7-8-14)11(15)10(12)6-3/h9-10,14H,4-8,12H2,1-3H3/t10-/m0/s1. The van der Waals surface area contributed by atoms with E-state index in [1.807, 2.05) is 20.8 Å². The number of carbonyl (C=O) groups is 1. The van der Waals surface area contributed by atoms with Gasteiger partial charge in [-0.1, -0.05) is 20.8 Å². The molecule has 4 heteroatoms. The van der Waals surface area contributed by atoms with Gasteiger partial charge in [-0.3, -0.25) is 4.79 Å². The van der Waals surface area contributed by atoms with Gasteiger partial charge in [0.15, 0.2) is 0 Å². The molecule has 0 bridgehead atoms. The maximum absolute atomic E-state index is 11.9. The fourth-order valence-electron chi connectivity index (χ4n) is 1.70. The van der Waals surface area contributed by atoms with Crippen LogP contribution in [-0.4, -0.2) is 41.1 Å². The molecule has 0 aromatic rings. The Kier molecular flexibility index (Phi) is 7.34. The zero-order valence-electron chi connectivity index (χ0n) is 10.1. The van der Waals surface area contributed by atoms with Gasteiger partial charge in [-0.25, -0.2) is 0 Å². The maximum atomic E-state index is 11.9. The summed E-state index contributed by atoms with van der Waals surface area (Å²) < 4.78 is 0. The third kappa shape index (κ3) is 4.18. The minimum atomic E-state index is -0.433. The van der Waals surface area contributed by atoms with Crippen molar-refractivity contribution in [1.29, 1.82) is 0 Å². The van der Waals surface area contributed by atoms with Crippen LogP contribution in [0.1, 0.15) is 40.0 Å². The molecule has 0 aromatic heterocycles. The predicted molar refractivity (Wildman–Crippen MR) is 61.4 cm³/mol. The van der Waals surface area contributed by atoms with Crippen molar-refractivity contribution in [3.05, 3.63) is 0 Å². The van der Waals surface area contributed by atoms with E-state index in [1.165, 1.54) is 0 Å². The summed E-state index contributed by atoms with van der Waals surface area (Å²) in [5.41, 5.74) is 5.72. The molecule has 0 saturated heterocycles. The Labute approximate surface area is 92.4 Å². The number of hydrogen-bond donors (Lipinski definition) is 2. The number of rotatable bonds is 7. The highest BCUT2D eigenvalue weighted by molar-refractivity contribution is 5.81. The van der Waals surface area contributed by atoms with E-state index in [-0.39, 0.29) is 18.6 Å². The Morgan fingerprint density at radius 3 is 2.13 bits per heavy atom. The summed E-state index contributed by atoms with van der Waals surface area (Å²) >= 11 is 0. The number of nitrogens with two attached hydrogens (primary N) is 1. The van der Waals surface area contributed by atoms with Crippen LogP contribution in [0.25, 0.3) is 0 Å². The molecule has 0 aliphatic rings. The van der Waals surface area contributed by atoms with Crippen molar-refractivity contribution in [1.82, 2.24) is 4.90 Å². The second-order valence-corrected chi connectivity index (χ2v) is 3.74. The number of aliphatic hydroxyl groups is 1. The quantitative estimate of drug-likeness (QED) is 0.659. The highest BCUT2D eigenvalue weighted by Crippen LogP contribution is 2.10. The molecule has 0 aliphatic carbocycles. The van der Waals surface area contributed by atoms with Crippen LogP contribution in [0.4, 0.5) is 0 Å². The predicted octanol–water partition coefficient (Wildman–Crippen LogP) is 0.733. The minimum absolute atomic E-state index is 0.00132. The Hall–Kier alpha value is -0.610. The second-order valence-electron chi connectivity index (χ2n) is 3.74. The summed E-state index contributed by atoms with van der Waals surface area (Å²) in [7, 11) is 0. The van der Waals surface area contributed by atoms with Gasteiger partial charge in [0.05, 0.1) is 12.6 Å². The molecular formula is C11H24N2O2. The van der Waals surface area contributed by atoms with Gasteiger partial charge in [0, 0.05) is 12.6 Å². The van der Waals surface area contributed by atoms with E-state index in [9.17, 15) is 4.79 Å². The fourth-order valence-corrected chi connectivity index (χ4v) is 1.70. The first-order chi connectivity index (χ1) is 7.12. The molecule has 90 valence electrons. The fraction of sp³-hybridized carbons (Fsp3) is 0.909. The van der Waals surface area contributed by atoms with Crippen molar-refractivity contribution in [3.8, 4) is 0 Å². The van der Waals surface area contributed by atoms with Crippen molar-refractivity contribution >= 4 is 5.91 Å². The zero-order valence-corrected chi connectivity index (χ0v) is 10.1. The molecule has 0 aromatic carbocycles. The average molecular weight is 216 g/mol. The van der Waals surface area contributed by atoms with Gasteiger partial charge < -0.3 is 15.7 Å². The maximum Gasteiger partial charge on any atom is 0.239 e. The monoisotopic (exact) mass is 216 g/mol. The first-order valence-corrected chi connectivity index (χ1v) is 5.79. The van der Waals surface area contributed by atoms with Crippen LogP contribution in [0.15, 0.2) is 0 Å². The molecule has 0 unspecified atom stereocenters. The van der Waals surface area contributed by atoms with Crippen molar-refractivity contribution < 1.29 is 9.90 Å². The van der Waals surface area contributed by atoms with Crippen LogP contribution in [0, 0.1) is 0 Å². The third-order valence-corrected chi connectivity index (χ3v) is 2.76. The SMILES string of the molecule is CCC(CC)N(CCO)C(=O)[C@@H](N)CC. The smallest absolute Gasteiger partial charge is 0.239 e. The number of amides is 1. The molecule has 0 spiro atoms. The molecule has 1 atom stereocenters. The van der Waals surface area contributed by atoms with E-state index in [0.29, 0.717) is 13.0 Å². The highest BCUT2D eigenvalue weighted by Gasteiger charge is 2.24. The van der Waals surface area contributed by atoms with Gasteiger partial charge in [0.2, 0.25) is 5.91 Å². The van der Waals surface area contributed by atoms with Gasteiger partial charge >= 0.3 is 0 Å². The van der Waals surface area contributed by atoms with Gasteiger partial charge in [-0.2, -0.15) is 0 Å². The van der Waals surface area contributed by atoms with Gasteiger partial charge in [0.25, 0.3) is 0 Å². The molecule has 0 rings (SSSR count). The van der Waals surface area contributed by atoms with E-state index in [1.54, 1.807) is 4.90 Å².